The molecule has 8 nitrogen and oxygen atoms in total. The van der Waals surface area contributed by atoms with Crippen LogP contribution < -0.4 is 10.1 Å². The van der Waals surface area contributed by atoms with Gasteiger partial charge < -0.3 is 10.1 Å². The third-order valence-corrected chi connectivity index (χ3v) is 5.44. The van der Waals surface area contributed by atoms with E-state index < -0.39 is 5.34 Å². The van der Waals surface area contributed by atoms with Crippen LogP contribution in [0.4, 0.5) is 11.6 Å². The highest BCUT2D eigenvalue weighted by molar-refractivity contribution is 6.38. The summed E-state index contributed by atoms with van der Waals surface area (Å²) in [4.78, 5) is 8.91. The molecular weight excluding hydrogens is 375 g/mol. The number of anilines is 2. The Kier molecular flexibility index (Phi) is 4.77. The zero-order valence-corrected chi connectivity index (χ0v) is 16.9. The molecule has 0 amide bonds. The Morgan fingerprint density at radius 3 is 2.79 bits per heavy atom. The fraction of sp³-hybridized carbons (Fsp3) is 0.529. The van der Waals surface area contributed by atoms with Gasteiger partial charge in [0.15, 0.2) is 10.8 Å². The third kappa shape index (κ3) is 3.03. The Hall–Kier alpha value is -2.22. The Morgan fingerprint density at radius 2 is 2.07 bits per heavy atom. The predicted molar refractivity (Wildman–Crippen MR) is 110 cm³/mol. The molecule has 3 aromatic rings. The summed E-state index contributed by atoms with van der Waals surface area (Å²) < 4.78 is 9.36. The number of nitrogens with zero attached hydrogens (tertiary/aromatic N) is 6. The van der Waals surface area contributed by atoms with Crippen LogP contribution in [-0.4, -0.2) is 51.8 Å². The molecule has 11 heteroatoms. The molecule has 0 spiro atoms. The number of hydrogen-bond acceptors (Lipinski definition) is 6. The predicted octanol–water partition coefficient (Wildman–Crippen LogP) is 2.82. The molecule has 4 rings (SSSR count). The molecule has 1 N–H and O–H groups in total. The van der Waals surface area contributed by atoms with Gasteiger partial charge in [0.1, 0.15) is 5.69 Å². The van der Waals surface area contributed by atoms with Gasteiger partial charge in [-0.2, -0.15) is 10.1 Å². The van der Waals surface area contributed by atoms with Crippen molar-refractivity contribution in [1.82, 2.24) is 29.5 Å². The second kappa shape index (κ2) is 6.99. The van der Waals surface area contributed by atoms with E-state index >= 15 is 0 Å². The van der Waals surface area contributed by atoms with Crippen molar-refractivity contribution in [3.8, 4) is 5.88 Å². The van der Waals surface area contributed by atoms with Crippen molar-refractivity contribution in [3.05, 3.63) is 17.0 Å². The molecule has 28 heavy (non-hydrogen) atoms. The minimum absolute atomic E-state index is 0.248. The van der Waals surface area contributed by atoms with E-state index in [4.69, 9.17) is 32.0 Å². The SMILES string of the molecule is [B]C1([B])CCOc2nn(C(CC)CC)c(C)c2Nc2ncc3c(Cl)nn1c3n2. The largest absolute Gasteiger partial charge is 0.475 e. The summed E-state index contributed by atoms with van der Waals surface area (Å²) in [5.74, 6) is 0.835. The van der Waals surface area contributed by atoms with Crippen molar-refractivity contribution in [2.45, 2.75) is 51.4 Å². The monoisotopic (exact) mass is 395 g/mol. The summed E-state index contributed by atoms with van der Waals surface area (Å²) >= 11 is 6.22. The lowest BCUT2D eigenvalue weighted by Crippen LogP contribution is -2.37. The zero-order valence-electron chi connectivity index (χ0n) is 16.1. The molecule has 1 aliphatic rings. The maximum Gasteiger partial charge on any atom is 0.257 e. The van der Waals surface area contributed by atoms with Crippen molar-refractivity contribution in [3.63, 3.8) is 0 Å². The number of hydrogen-bond donors (Lipinski definition) is 1. The minimum atomic E-state index is -1.32. The summed E-state index contributed by atoms with van der Waals surface area (Å²) in [5, 5.41) is 11.7. The highest BCUT2D eigenvalue weighted by Crippen LogP contribution is 2.35. The van der Waals surface area contributed by atoms with E-state index in [1.165, 1.54) is 4.68 Å². The van der Waals surface area contributed by atoms with Gasteiger partial charge in [0, 0.05) is 6.20 Å². The molecule has 0 unspecified atom stereocenters. The van der Waals surface area contributed by atoms with Gasteiger partial charge in [-0.05, 0) is 31.5 Å². The fourth-order valence-corrected chi connectivity index (χ4v) is 3.68. The normalized spacial score (nSPS) is 15.9. The molecule has 0 saturated heterocycles. The van der Waals surface area contributed by atoms with Gasteiger partial charge in [0.25, 0.3) is 5.88 Å². The molecule has 4 radical (unpaired) electrons. The number of ether oxygens (including phenoxy) is 1. The van der Waals surface area contributed by atoms with Gasteiger partial charge in [-0.25, -0.2) is 4.98 Å². The van der Waals surface area contributed by atoms with Gasteiger partial charge in [0.2, 0.25) is 5.95 Å². The number of nitrogens with one attached hydrogen (secondary N) is 1. The van der Waals surface area contributed by atoms with Crippen LogP contribution in [0.25, 0.3) is 11.0 Å². The molecule has 3 aromatic heterocycles. The number of aromatic nitrogens is 6. The average Bonchev–Trinajstić information content (AvgIpc) is 3.15. The van der Waals surface area contributed by atoms with Gasteiger partial charge in [-0.1, -0.05) is 25.4 Å². The Morgan fingerprint density at radius 1 is 1.32 bits per heavy atom. The highest BCUT2D eigenvalue weighted by atomic mass is 35.5. The van der Waals surface area contributed by atoms with Gasteiger partial charge >= 0.3 is 0 Å². The van der Waals surface area contributed by atoms with Crippen molar-refractivity contribution >= 4 is 50.0 Å². The van der Waals surface area contributed by atoms with Gasteiger partial charge in [-0.3, -0.25) is 9.36 Å². The van der Waals surface area contributed by atoms with Crippen LogP contribution in [0.5, 0.6) is 5.88 Å². The quantitative estimate of drug-likeness (QED) is 0.687. The summed E-state index contributed by atoms with van der Waals surface area (Å²) in [5.41, 5.74) is 2.14. The van der Waals surface area contributed by atoms with Gasteiger partial charge in [0.05, 0.1) is 39.4 Å². The number of halogens is 1. The van der Waals surface area contributed by atoms with Crippen molar-refractivity contribution in [2.24, 2.45) is 0 Å². The first-order chi connectivity index (χ1) is 13.4. The zero-order chi connectivity index (χ0) is 20.1. The first kappa shape index (κ1) is 19.1. The van der Waals surface area contributed by atoms with Crippen molar-refractivity contribution in [1.29, 1.82) is 0 Å². The fourth-order valence-electron chi connectivity index (χ4n) is 3.48. The van der Waals surface area contributed by atoms with E-state index in [1.54, 1.807) is 6.20 Å². The summed E-state index contributed by atoms with van der Waals surface area (Å²) in [6, 6.07) is 0.276. The molecule has 0 aromatic carbocycles. The molecule has 0 atom stereocenters. The second-order valence-corrected chi connectivity index (χ2v) is 7.39. The summed E-state index contributed by atoms with van der Waals surface area (Å²) in [7, 11) is 12.6. The maximum atomic E-state index is 6.31. The summed E-state index contributed by atoms with van der Waals surface area (Å²) in [6.45, 7) is 6.53. The van der Waals surface area contributed by atoms with Crippen LogP contribution >= 0.6 is 11.6 Å². The van der Waals surface area contributed by atoms with E-state index in [9.17, 15) is 0 Å². The lowest BCUT2D eigenvalue weighted by Gasteiger charge is -2.26. The van der Waals surface area contributed by atoms with E-state index in [1.807, 2.05) is 11.6 Å². The smallest absolute Gasteiger partial charge is 0.257 e. The molecule has 0 saturated carbocycles. The summed E-state index contributed by atoms with van der Waals surface area (Å²) in [6.07, 6.45) is 3.82. The van der Waals surface area contributed by atoms with Crippen LogP contribution in [0.1, 0.15) is 44.8 Å². The lowest BCUT2D eigenvalue weighted by molar-refractivity contribution is 0.270. The Balaban J connectivity index is 1.87. The maximum absolute atomic E-state index is 6.31. The minimum Gasteiger partial charge on any atom is -0.475 e. The van der Waals surface area contributed by atoms with Crippen LogP contribution in [0.3, 0.4) is 0 Å². The first-order valence-corrected chi connectivity index (χ1v) is 9.72. The van der Waals surface area contributed by atoms with E-state index in [0.717, 1.165) is 24.2 Å². The number of fused-ring (bicyclic) bond motifs is 2. The molecule has 4 heterocycles. The average molecular weight is 395 g/mol. The molecular formula is C17H20B2ClN7O. The second-order valence-electron chi connectivity index (χ2n) is 7.03. The van der Waals surface area contributed by atoms with Crippen molar-refractivity contribution in [2.75, 3.05) is 11.9 Å². The lowest BCUT2D eigenvalue weighted by atomic mass is 9.60. The number of rotatable bonds is 3. The van der Waals surface area contributed by atoms with Crippen LogP contribution in [0, 0.1) is 6.92 Å². The molecule has 0 fully saturated rings. The third-order valence-electron chi connectivity index (χ3n) is 5.16. The van der Waals surface area contributed by atoms with Crippen LogP contribution in [0.15, 0.2) is 6.20 Å². The Bertz CT molecular complexity index is 1030. The molecule has 142 valence electrons. The molecule has 0 aliphatic carbocycles. The Labute approximate surface area is 170 Å². The molecule has 2 bridgehead atoms. The van der Waals surface area contributed by atoms with Crippen LogP contribution in [-0.2, 0) is 5.34 Å². The van der Waals surface area contributed by atoms with Gasteiger partial charge in [-0.15, -0.1) is 5.10 Å². The topological polar surface area (TPSA) is 82.7 Å². The van der Waals surface area contributed by atoms with Crippen molar-refractivity contribution < 1.29 is 4.74 Å². The van der Waals surface area contributed by atoms with E-state index in [2.05, 4.69) is 39.3 Å². The van der Waals surface area contributed by atoms with E-state index in [0.29, 0.717) is 22.9 Å². The molecule has 1 aliphatic heterocycles. The standard InChI is InChI=1S/C17H20B2ClN7O/c1-4-10(5-2)26-9(3)12-15(25-26)28-7-6-17(18,19)27-14-11(13(20)24-27)8-21-16(22-12)23-14/h8,10H,4-7H2,1-3H3,(H,21,22,23). The van der Waals surface area contributed by atoms with E-state index in [-0.39, 0.29) is 24.2 Å². The highest BCUT2D eigenvalue weighted by Gasteiger charge is 2.28. The van der Waals surface area contributed by atoms with Crippen LogP contribution in [0.2, 0.25) is 5.15 Å². The first-order valence-electron chi connectivity index (χ1n) is 9.34.